The molecule has 1 unspecified atom stereocenters. The Hall–Kier alpha value is -3.35. The van der Waals surface area contributed by atoms with Gasteiger partial charge in [0.15, 0.2) is 0 Å². The molecule has 0 aliphatic carbocycles. The van der Waals surface area contributed by atoms with Crippen molar-refractivity contribution in [3.63, 3.8) is 0 Å². The molecule has 2 amide bonds. The Morgan fingerprint density at radius 1 is 1.30 bits per heavy atom. The van der Waals surface area contributed by atoms with Gasteiger partial charge in [-0.25, -0.2) is 4.98 Å². The molecule has 0 saturated carbocycles. The van der Waals surface area contributed by atoms with Gasteiger partial charge >= 0.3 is 0 Å². The predicted octanol–water partition coefficient (Wildman–Crippen LogP) is 2.36. The number of rotatable bonds is 5. The van der Waals surface area contributed by atoms with Gasteiger partial charge in [0.2, 0.25) is 11.8 Å². The van der Waals surface area contributed by atoms with E-state index in [2.05, 4.69) is 20.6 Å². The highest BCUT2D eigenvalue weighted by molar-refractivity contribution is 6.01. The van der Waals surface area contributed by atoms with Crippen LogP contribution in [-0.2, 0) is 16.0 Å². The zero-order chi connectivity index (χ0) is 18.8. The molecule has 138 valence electrons. The summed E-state index contributed by atoms with van der Waals surface area (Å²) in [6, 6.07) is 13.1. The molecule has 0 bridgehead atoms. The highest BCUT2D eigenvalue weighted by Gasteiger charge is 2.30. The number of hydrogen-bond donors (Lipinski definition) is 3. The molecule has 0 fully saturated rings. The molecule has 1 aliphatic heterocycles. The van der Waals surface area contributed by atoms with E-state index in [-0.39, 0.29) is 18.2 Å². The monoisotopic (exact) mass is 364 g/mol. The van der Waals surface area contributed by atoms with E-state index in [1.165, 1.54) is 0 Å². The fraction of sp³-hybridized carbons (Fsp3) is 0.250. The predicted molar refractivity (Wildman–Crippen MR) is 102 cm³/mol. The van der Waals surface area contributed by atoms with Gasteiger partial charge in [-0.15, -0.1) is 0 Å². The molecule has 2 heterocycles. The van der Waals surface area contributed by atoms with E-state index in [1.807, 2.05) is 24.3 Å². The molecular weight excluding hydrogens is 344 g/mol. The lowest BCUT2D eigenvalue weighted by molar-refractivity contribution is -0.126. The van der Waals surface area contributed by atoms with E-state index in [0.717, 1.165) is 22.4 Å². The third-order valence-electron chi connectivity index (χ3n) is 4.71. The Morgan fingerprint density at radius 3 is 2.96 bits per heavy atom. The van der Waals surface area contributed by atoms with Crippen LogP contribution in [0.2, 0.25) is 0 Å². The van der Waals surface area contributed by atoms with Crippen LogP contribution in [0.5, 0.6) is 5.75 Å². The molecule has 0 radical (unpaired) electrons. The van der Waals surface area contributed by atoms with Crippen molar-refractivity contribution in [1.29, 1.82) is 0 Å². The lowest BCUT2D eigenvalue weighted by atomic mass is 9.89. The van der Waals surface area contributed by atoms with Crippen molar-refractivity contribution in [1.82, 2.24) is 15.3 Å². The number of benzene rings is 2. The first-order valence-electron chi connectivity index (χ1n) is 8.83. The van der Waals surface area contributed by atoms with Gasteiger partial charge in [-0.2, -0.15) is 0 Å². The van der Waals surface area contributed by atoms with Crippen LogP contribution < -0.4 is 15.4 Å². The number of methoxy groups -OCH3 is 1. The van der Waals surface area contributed by atoms with Crippen LogP contribution in [0, 0.1) is 0 Å². The number of anilines is 1. The third-order valence-corrected chi connectivity index (χ3v) is 4.71. The molecule has 3 N–H and O–H groups in total. The summed E-state index contributed by atoms with van der Waals surface area (Å²) in [4.78, 5) is 32.4. The number of aromatic amines is 1. The zero-order valence-electron chi connectivity index (χ0n) is 14.9. The highest BCUT2D eigenvalue weighted by Crippen LogP contribution is 2.34. The second-order valence-corrected chi connectivity index (χ2v) is 6.50. The molecule has 7 nitrogen and oxygen atoms in total. The summed E-state index contributed by atoms with van der Waals surface area (Å²) in [6.45, 7) is 0.441. The molecule has 7 heteroatoms. The normalized spacial score (nSPS) is 15.9. The number of nitrogens with one attached hydrogen (secondary N) is 3. The van der Waals surface area contributed by atoms with Gasteiger partial charge in [0, 0.05) is 25.1 Å². The number of carbonyl (C=O) groups excluding carboxylic acids is 2. The number of aromatic nitrogens is 2. The van der Waals surface area contributed by atoms with Crippen molar-refractivity contribution in [2.45, 2.75) is 18.8 Å². The standard InChI is InChI=1S/C20H20N4O3/c1-27-12-6-7-15-13(10-12)14(11-19(25)24-15)20(26)21-9-8-18-22-16-4-2-3-5-17(16)23-18/h2-7,10,14H,8-9,11H2,1H3,(H,21,26)(H,22,23)(H,24,25). The lowest BCUT2D eigenvalue weighted by Gasteiger charge is -2.25. The van der Waals surface area contributed by atoms with Gasteiger partial charge in [0.25, 0.3) is 0 Å². The van der Waals surface area contributed by atoms with Crippen LogP contribution in [0.25, 0.3) is 11.0 Å². The average molecular weight is 364 g/mol. The fourth-order valence-corrected chi connectivity index (χ4v) is 3.35. The van der Waals surface area contributed by atoms with Crippen molar-refractivity contribution < 1.29 is 14.3 Å². The van der Waals surface area contributed by atoms with E-state index < -0.39 is 5.92 Å². The van der Waals surface area contributed by atoms with Crippen molar-refractivity contribution >= 4 is 28.5 Å². The molecule has 27 heavy (non-hydrogen) atoms. The van der Waals surface area contributed by atoms with Crippen LogP contribution >= 0.6 is 0 Å². The van der Waals surface area contributed by atoms with Crippen LogP contribution in [0.1, 0.15) is 23.7 Å². The number of imidazole rings is 1. The minimum absolute atomic E-state index is 0.122. The summed E-state index contributed by atoms with van der Waals surface area (Å²) in [5, 5.41) is 5.73. The Balaban J connectivity index is 1.44. The van der Waals surface area contributed by atoms with Crippen LogP contribution in [0.4, 0.5) is 5.69 Å². The summed E-state index contributed by atoms with van der Waals surface area (Å²) in [7, 11) is 1.57. The number of ether oxygens (including phenoxy) is 1. The van der Waals surface area contributed by atoms with Gasteiger partial charge in [0.1, 0.15) is 11.6 Å². The van der Waals surface area contributed by atoms with Crippen LogP contribution in [0.15, 0.2) is 42.5 Å². The van der Waals surface area contributed by atoms with E-state index >= 15 is 0 Å². The Bertz CT molecular complexity index is 978. The molecule has 0 saturated heterocycles. The number of H-pyrrole nitrogens is 1. The number of fused-ring (bicyclic) bond motifs is 2. The second-order valence-electron chi connectivity index (χ2n) is 6.50. The molecule has 1 atom stereocenters. The van der Waals surface area contributed by atoms with Gasteiger partial charge in [-0.1, -0.05) is 12.1 Å². The fourth-order valence-electron chi connectivity index (χ4n) is 3.35. The quantitative estimate of drug-likeness (QED) is 0.647. The molecule has 2 aromatic carbocycles. The third kappa shape index (κ3) is 3.48. The summed E-state index contributed by atoms with van der Waals surface area (Å²) in [6.07, 6.45) is 0.709. The van der Waals surface area contributed by atoms with E-state index in [1.54, 1.807) is 25.3 Å². The van der Waals surface area contributed by atoms with Crippen molar-refractivity contribution in [3.8, 4) is 5.75 Å². The SMILES string of the molecule is COc1ccc2c(c1)C(C(=O)NCCc1nc3ccccc3[nH]1)CC(=O)N2. The molecule has 3 aromatic rings. The number of carbonyl (C=O) groups is 2. The minimum Gasteiger partial charge on any atom is -0.497 e. The average Bonchev–Trinajstić information content (AvgIpc) is 3.09. The van der Waals surface area contributed by atoms with E-state index in [4.69, 9.17) is 4.74 Å². The zero-order valence-corrected chi connectivity index (χ0v) is 14.9. The highest BCUT2D eigenvalue weighted by atomic mass is 16.5. The maximum absolute atomic E-state index is 12.7. The number of hydrogen-bond acceptors (Lipinski definition) is 4. The lowest BCUT2D eigenvalue weighted by Crippen LogP contribution is -2.36. The summed E-state index contributed by atoms with van der Waals surface area (Å²) in [5.41, 5.74) is 3.31. The molecule has 4 rings (SSSR count). The summed E-state index contributed by atoms with van der Waals surface area (Å²) in [5.74, 6) is 0.616. The largest absolute Gasteiger partial charge is 0.497 e. The Labute approximate surface area is 156 Å². The molecule has 1 aromatic heterocycles. The van der Waals surface area contributed by atoms with Crippen molar-refractivity contribution in [3.05, 3.63) is 53.9 Å². The summed E-state index contributed by atoms with van der Waals surface area (Å²) < 4.78 is 5.25. The van der Waals surface area contributed by atoms with E-state index in [0.29, 0.717) is 24.4 Å². The first-order chi connectivity index (χ1) is 13.1. The van der Waals surface area contributed by atoms with Crippen LogP contribution in [-0.4, -0.2) is 35.4 Å². The molecule has 0 spiro atoms. The smallest absolute Gasteiger partial charge is 0.228 e. The Kier molecular flexibility index (Phi) is 4.50. The minimum atomic E-state index is -0.528. The maximum Gasteiger partial charge on any atom is 0.228 e. The second kappa shape index (κ2) is 7.11. The first-order valence-corrected chi connectivity index (χ1v) is 8.83. The molecular formula is C20H20N4O3. The van der Waals surface area contributed by atoms with Crippen LogP contribution in [0.3, 0.4) is 0 Å². The van der Waals surface area contributed by atoms with Gasteiger partial charge in [0.05, 0.1) is 24.1 Å². The topological polar surface area (TPSA) is 96.1 Å². The van der Waals surface area contributed by atoms with E-state index in [9.17, 15) is 9.59 Å². The Morgan fingerprint density at radius 2 is 2.15 bits per heavy atom. The van der Waals surface area contributed by atoms with Crippen molar-refractivity contribution in [2.75, 3.05) is 19.0 Å². The maximum atomic E-state index is 12.7. The number of para-hydroxylation sites is 2. The number of amides is 2. The number of nitrogens with zero attached hydrogens (tertiary/aromatic N) is 1. The van der Waals surface area contributed by atoms with Crippen molar-refractivity contribution in [2.24, 2.45) is 0 Å². The van der Waals surface area contributed by atoms with Gasteiger partial charge in [-0.05, 0) is 35.9 Å². The van der Waals surface area contributed by atoms with Gasteiger partial charge in [-0.3, -0.25) is 9.59 Å². The van der Waals surface area contributed by atoms with Gasteiger partial charge < -0.3 is 20.4 Å². The first kappa shape index (κ1) is 17.1. The molecule has 1 aliphatic rings. The summed E-state index contributed by atoms with van der Waals surface area (Å²) >= 11 is 0.